The van der Waals surface area contributed by atoms with E-state index in [-0.39, 0.29) is 11.9 Å². The molecule has 2 aromatic rings. The SMILES string of the molecule is COC(=O)c1ccc(CNC(=O)c2ccccc2CN)cc1. The van der Waals surface area contributed by atoms with Gasteiger partial charge in [-0.2, -0.15) is 0 Å². The fourth-order valence-electron chi connectivity index (χ4n) is 2.07. The van der Waals surface area contributed by atoms with Crippen molar-refractivity contribution in [3.05, 3.63) is 70.8 Å². The first-order chi connectivity index (χ1) is 10.7. The van der Waals surface area contributed by atoms with E-state index < -0.39 is 0 Å². The van der Waals surface area contributed by atoms with Crippen molar-refractivity contribution in [2.45, 2.75) is 13.1 Å². The van der Waals surface area contributed by atoms with Gasteiger partial charge in [0.1, 0.15) is 0 Å². The first-order valence-corrected chi connectivity index (χ1v) is 6.89. The highest BCUT2D eigenvalue weighted by Gasteiger charge is 2.10. The van der Waals surface area contributed by atoms with Gasteiger partial charge in [0.25, 0.3) is 5.91 Å². The van der Waals surface area contributed by atoms with Crippen molar-refractivity contribution < 1.29 is 14.3 Å². The van der Waals surface area contributed by atoms with Crippen LogP contribution < -0.4 is 11.1 Å². The van der Waals surface area contributed by atoms with Gasteiger partial charge in [0.2, 0.25) is 0 Å². The number of esters is 1. The lowest BCUT2D eigenvalue weighted by atomic mass is 10.1. The molecule has 22 heavy (non-hydrogen) atoms. The van der Waals surface area contributed by atoms with Gasteiger partial charge < -0.3 is 15.8 Å². The Morgan fingerprint density at radius 1 is 1.09 bits per heavy atom. The van der Waals surface area contributed by atoms with Crippen LogP contribution in [-0.4, -0.2) is 19.0 Å². The van der Waals surface area contributed by atoms with Crippen molar-refractivity contribution in [1.82, 2.24) is 5.32 Å². The van der Waals surface area contributed by atoms with Crippen molar-refractivity contribution in [2.24, 2.45) is 5.73 Å². The largest absolute Gasteiger partial charge is 0.465 e. The zero-order valence-corrected chi connectivity index (χ0v) is 12.3. The summed E-state index contributed by atoms with van der Waals surface area (Å²) in [4.78, 5) is 23.5. The number of carbonyl (C=O) groups is 2. The van der Waals surface area contributed by atoms with Crippen molar-refractivity contribution >= 4 is 11.9 Å². The number of carbonyl (C=O) groups excluding carboxylic acids is 2. The third-order valence-corrected chi connectivity index (χ3v) is 3.31. The maximum absolute atomic E-state index is 12.2. The topological polar surface area (TPSA) is 81.4 Å². The molecule has 0 aliphatic rings. The number of hydrogen-bond donors (Lipinski definition) is 2. The second kappa shape index (κ2) is 7.38. The van der Waals surface area contributed by atoms with E-state index in [1.807, 2.05) is 12.1 Å². The summed E-state index contributed by atoms with van der Waals surface area (Å²) in [7, 11) is 1.34. The van der Waals surface area contributed by atoms with Gasteiger partial charge in [-0.05, 0) is 29.3 Å². The quantitative estimate of drug-likeness (QED) is 0.826. The summed E-state index contributed by atoms with van der Waals surface area (Å²) >= 11 is 0. The van der Waals surface area contributed by atoms with Gasteiger partial charge in [-0.3, -0.25) is 4.79 Å². The molecule has 1 amide bonds. The van der Waals surface area contributed by atoms with Gasteiger partial charge in [-0.1, -0.05) is 30.3 Å². The molecule has 5 nitrogen and oxygen atoms in total. The van der Waals surface area contributed by atoms with Crippen LogP contribution in [0.15, 0.2) is 48.5 Å². The Kier molecular flexibility index (Phi) is 5.27. The summed E-state index contributed by atoms with van der Waals surface area (Å²) in [5.41, 5.74) is 8.39. The minimum Gasteiger partial charge on any atom is -0.465 e. The van der Waals surface area contributed by atoms with Crippen LogP contribution >= 0.6 is 0 Å². The fourth-order valence-corrected chi connectivity index (χ4v) is 2.07. The van der Waals surface area contributed by atoms with E-state index in [0.717, 1.165) is 11.1 Å². The van der Waals surface area contributed by atoms with Crippen molar-refractivity contribution in [3.8, 4) is 0 Å². The number of nitrogens with one attached hydrogen (secondary N) is 1. The summed E-state index contributed by atoms with van der Waals surface area (Å²) in [6.07, 6.45) is 0. The standard InChI is InChI=1S/C17H18N2O3/c1-22-17(21)13-8-6-12(7-9-13)11-19-16(20)15-5-3-2-4-14(15)10-18/h2-9H,10-11,18H2,1H3,(H,19,20). The van der Waals surface area contributed by atoms with Crippen molar-refractivity contribution in [2.75, 3.05) is 7.11 Å². The molecule has 0 aliphatic heterocycles. The van der Waals surface area contributed by atoms with Crippen LogP contribution in [0.5, 0.6) is 0 Å². The molecule has 2 rings (SSSR count). The van der Waals surface area contributed by atoms with Crippen LogP contribution in [0.2, 0.25) is 0 Å². The van der Waals surface area contributed by atoms with Crippen LogP contribution in [0.1, 0.15) is 31.8 Å². The van der Waals surface area contributed by atoms with Crippen LogP contribution in [0.25, 0.3) is 0 Å². The molecule has 114 valence electrons. The summed E-state index contributed by atoms with van der Waals surface area (Å²) in [6.45, 7) is 0.691. The molecule has 0 bridgehead atoms. The minimum atomic E-state index is -0.382. The summed E-state index contributed by atoms with van der Waals surface area (Å²) in [5.74, 6) is -0.550. The zero-order chi connectivity index (χ0) is 15.9. The summed E-state index contributed by atoms with van der Waals surface area (Å²) in [5, 5.41) is 2.84. The Balaban J connectivity index is 2.00. The first-order valence-electron chi connectivity index (χ1n) is 6.89. The second-order valence-corrected chi connectivity index (χ2v) is 4.73. The highest BCUT2D eigenvalue weighted by Crippen LogP contribution is 2.09. The number of hydrogen-bond acceptors (Lipinski definition) is 4. The normalized spacial score (nSPS) is 10.1. The Labute approximate surface area is 129 Å². The summed E-state index contributed by atoms with van der Waals surface area (Å²) in [6, 6.07) is 14.1. The van der Waals surface area contributed by atoms with Gasteiger partial charge >= 0.3 is 5.97 Å². The Bertz CT molecular complexity index is 666. The molecule has 0 radical (unpaired) electrons. The number of rotatable bonds is 5. The molecule has 0 aliphatic carbocycles. The monoisotopic (exact) mass is 298 g/mol. The molecular weight excluding hydrogens is 280 g/mol. The second-order valence-electron chi connectivity index (χ2n) is 4.73. The lowest BCUT2D eigenvalue weighted by Gasteiger charge is -2.09. The predicted octanol–water partition coefficient (Wildman–Crippen LogP) is 1.86. The molecule has 0 aromatic heterocycles. The smallest absolute Gasteiger partial charge is 0.337 e. The van der Waals surface area contributed by atoms with Gasteiger partial charge in [0.15, 0.2) is 0 Å². The maximum Gasteiger partial charge on any atom is 0.337 e. The molecule has 2 aromatic carbocycles. The summed E-state index contributed by atoms with van der Waals surface area (Å²) < 4.78 is 4.64. The molecule has 5 heteroatoms. The molecule has 0 spiro atoms. The molecular formula is C17H18N2O3. The van der Waals surface area contributed by atoms with E-state index in [0.29, 0.717) is 24.2 Å². The van der Waals surface area contributed by atoms with Gasteiger partial charge in [0, 0.05) is 18.7 Å². The predicted molar refractivity (Wildman–Crippen MR) is 83.3 cm³/mol. The van der Waals surface area contributed by atoms with Crippen LogP contribution in [-0.2, 0) is 17.8 Å². The Hall–Kier alpha value is -2.66. The molecule has 0 atom stereocenters. The average molecular weight is 298 g/mol. The highest BCUT2D eigenvalue weighted by molar-refractivity contribution is 5.95. The zero-order valence-electron chi connectivity index (χ0n) is 12.3. The molecule has 0 unspecified atom stereocenters. The van der Waals surface area contributed by atoms with Crippen molar-refractivity contribution in [3.63, 3.8) is 0 Å². The molecule has 0 saturated carbocycles. The lowest BCUT2D eigenvalue weighted by molar-refractivity contribution is 0.0600. The number of benzene rings is 2. The molecule has 3 N–H and O–H groups in total. The first kappa shape index (κ1) is 15.7. The minimum absolute atomic E-state index is 0.168. The third kappa shape index (κ3) is 3.71. The number of ether oxygens (including phenoxy) is 1. The van der Waals surface area contributed by atoms with Crippen LogP contribution in [0.3, 0.4) is 0 Å². The van der Waals surface area contributed by atoms with Crippen molar-refractivity contribution in [1.29, 1.82) is 0 Å². The molecule has 0 heterocycles. The van der Waals surface area contributed by atoms with E-state index in [2.05, 4.69) is 10.1 Å². The Morgan fingerprint density at radius 2 is 1.77 bits per heavy atom. The van der Waals surface area contributed by atoms with E-state index in [9.17, 15) is 9.59 Å². The van der Waals surface area contributed by atoms with Gasteiger partial charge in [-0.25, -0.2) is 4.79 Å². The van der Waals surface area contributed by atoms with E-state index in [1.165, 1.54) is 7.11 Å². The van der Waals surface area contributed by atoms with Gasteiger partial charge in [0.05, 0.1) is 12.7 Å². The van der Waals surface area contributed by atoms with Crippen LogP contribution in [0.4, 0.5) is 0 Å². The number of amides is 1. The third-order valence-electron chi connectivity index (χ3n) is 3.31. The lowest BCUT2D eigenvalue weighted by Crippen LogP contribution is -2.24. The average Bonchev–Trinajstić information content (AvgIpc) is 2.59. The number of methoxy groups -OCH3 is 1. The van der Waals surface area contributed by atoms with E-state index >= 15 is 0 Å². The van der Waals surface area contributed by atoms with E-state index in [4.69, 9.17) is 5.73 Å². The fraction of sp³-hybridized carbons (Fsp3) is 0.176. The molecule has 0 saturated heterocycles. The Morgan fingerprint density at radius 3 is 2.41 bits per heavy atom. The molecule has 0 fully saturated rings. The maximum atomic E-state index is 12.2. The van der Waals surface area contributed by atoms with E-state index in [1.54, 1.807) is 36.4 Å². The van der Waals surface area contributed by atoms with Gasteiger partial charge in [-0.15, -0.1) is 0 Å². The van der Waals surface area contributed by atoms with Crippen LogP contribution in [0, 0.1) is 0 Å². The highest BCUT2D eigenvalue weighted by atomic mass is 16.5. The number of nitrogens with two attached hydrogens (primary N) is 1.